The molecule has 0 saturated carbocycles. The zero-order valence-electron chi connectivity index (χ0n) is 7.09. The Hall–Kier alpha value is 0.0700. The predicted molar refractivity (Wildman–Crippen MR) is 73.7 cm³/mol. The van der Waals surface area contributed by atoms with E-state index in [1.165, 1.54) is 0 Å². The van der Waals surface area contributed by atoms with Crippen molar-refractivity contribution in [3.8, 4) is 11.3 Å². The van der Waals surface area contributed by atoms with E-state index in [-0.39, 0.29) is 0 Å². The van der Waals surface area contributed by atoms with E-state index < -0.39 is 0 Å². The van der Waals surface area contributed by atoms with Crippen molar-refractivity contribution < 1.29 is 0 Å². The fourth-order valence-electron chi connectivity index (χ4n) is 1.14. The molecular formula is C9H7BrIN2P. The molecular weight excluding hydrogens is 374 g/mol. The van der Waals surface area contributed by atoms with E-state index in [9.17, 15) is 0 Å². The number of imidazole rings is 1. The molecule has 1 atom stereocenters. The first-order chi connectivity index (χ1) is 6.79. The van der Waals surface area contributed by atoms with Gasteiger partial charge in [0.15, 0.2) is 0 Å². The van der Waals surface area contributed by atoms with E-state index in [1.54, 1.807) is 0 Å². The Balaban J connectivity index is 2.34. The smallest absolute Gasteiger partial charge is 0.136 e. The average molecular weight is 381 g/mol. The van der Waals surface area contributed by atoms with Crippen LogP contribution in [0.25, 0.3) is 11.3 Å². The number of benzene rings is 1. The third kappa shape index (κ3) is 2.35. The van der Waals surface area contributed by atoms with Crippen LogP contribution >= 0.6 is 44.2 Å². The molecule has 0 aliphatic carbocycles. The minimum absolute atomic E-state index is 0.687. The van der Waals surface area contributed by atoms with Crippen LogP contribution in [0.2, 0.25) is 0 Å². The molecule has 0 spiro atoms. The molecule has 0 radical (unpaired) electrons. The topological polar surface area (TPSA) is 28.7 Å². The molecule has 2 rings (SSSR count). The third-order valence-electron chi connectivity index (χ3n) is 1.81. The fourth-order valence-corrected chi connectivity index (χ4v) is 2.52. The summed E-state index contributed by atoms with van der Waals surface area (Å²) < 4.78 is 1.09. The SMILES string of the molecule is Brc1ccc(-c2c[nH]c(PI)n2)cc1. The summed E-state index contributed by atoms with van der Waals surface area (Å²) in [6, 6.07) is 8.16. The van der Waals surface area contributed by atoms with Crippen molar-refractivity contribution >= 4 is 49.8 Å². The molecule has 1 N–H and O–H groups in total. The molecule has 1 aromatic carbocycles. The second kappa shape index (κ2) is 4.73. The highest BCUT2D eigenvalue weighted by Crippen LogP contribution is 2.22. The van der Waals surface area contributed by atoms with Crippen molar-refractivity contribution in [3.05, 3.63) is 34.9 Å². The molecule has 1 heterocycles. The largest absolute Gasteiger partial charge is 0.344 e. The van der Waals surface area contributed by atoms with Crippen molar-refractivity contribution in [2.75, 3.05) is 0 Å². The first-order valence-electron chi connectivity index (χ1n) is 3.97. The normalized spacial score (nSPS) is 11.3. The second-order valence-electron chi connectivity index (χ2n) is 2.74. The van der Waals surface area contributed by atoms with Gasteiger partial charge in [0.1, 0.15) is 5.57 Å². The number of rotatable bonds is 2. The number of nitrogens with one attached hydrogen (secondary N) is 1. The van der Waals surface area contributed by atoms with Crippen LogP contribution in [-0.4, -0.2) is 9.97 Å². The summed E-state index contributed by atoms with van der Waals surface area (Å²) >= 11 is 5.73. The molecule has 0 bridgehead atoms. The van der Waals surface area contributed by atoms with Crippen LogP contribution in [0, 0.1) is 0 Å². The van der Waals surface area contributed by atoms with Crippen molar-refractivity contribution in [1.82, 2.24) is 9.97 Å². The van der Waals surface area contributed by atoms with E-state index in [2.05, 4.69) is 60.1 Å². The van der Waals surface area contributed by atoms with Gasteiger partial charge < -0.3 is 4.98 Å². The van der Waals surface area contributed by atoms with Crippen LogP contribution in [-0.2, 0) is 0 Å². The van der Waals surface area contributed by atoms with Crippen LogP contribution < -0.4 is 5.57 Å². The highest BCUT2D eigenvalue weighted by molar-refractivity contribution is 14.2. The summed E-state index contributed by atoms with van der Waals surface area (Å²) in [7, 11) is 0. The number of hydrogen-bond acceptors (Lipinski definition) is 1. The van der Waals surface area contributed by atoms with Gasteiger partial charge in [0.25, 0.3) is 0 Å². The maximum Gasteiger partial charge on any atom is 0.136 e. The van der Waals surface area contributed by atoms with Gasteiger partial charge in [-0.05, 0) is 34.2 Å². The second-order valence-corrected chi connectivity index (χ2v) is 5.93. The molecule has 5 heteroatoms. The Morgan fingerprint density at radius 2 is 2.00 bits per heavy atom. The van der Waals surface area contributed by atoms with E-state index in [0.29, 0.717) is 6.22 Å². The minimum Gasteiger partial charge on any atom is -0.344 e. The van der Waals surface area contributed by atoms with Crippen LogP contribution in [0.4, 0.5) is 0 Å². The van der Waals surface area contributed by atoms with Gasteiger partial charge in [-0.25, -0.2) is 4.98 Å². The summed E-state index contributed by atoms with van der Waals surface area (Å²) in [6.07, 6.45) is 2.64. The van der Waals surface area contributed by atoms with Crippen LogP contribution in [0.5, 0.6) is 0 Å². The predicted octanol–water partition coefficient (Wildman–Crippen LogP) is 3.49. The molecule has 0 amide bonds. The summed E-state index contributed by atoms with van der Waals surface area (Å²) in [5.41, 5.74) is 3.20. The van der Waals surface area contributed by atoms with Gasteiger partial charge in [-0.3, -0.25) is 0 Å². The van der Waals surface area contributed by atoms with E-state index in [4.69, 9.17) is 0 Å². The van der Waals surface area contributed by atoms with Crippen molar-refractivity contribution in [1.29, 1.82) is 0 Å². The Morgan fingerprint density at radius 1 is 1.29 bits per heavy atom. The first-order valence-corrected chi connectivity index (χ1v) is 8.88. The maximum absolute atomic E-state index is 4.46. The van der Waals surface area contributed by atoms with Gasteiger partial charge in [-0.15, -0.1) is 0 Å². The zero-order valence-corrected chi connectivity index (χ0v) is 11.8. The van der Waals surface area contributed by atoms with Crippen molar-refractivity contribution in [2.24, 2.45) is 0 Å². The number of halogens is 2. The van der Waals surface area contributed by atoms with Gasteiger partial charge in [0.05, 0.1) is 5.69 Å². The van der Waals surface area contributed by atoms with E-state index >= 15 is 0 Å². The summed E-state index contributed by atoms with van der Waals surface area (Å²) in [5, 5.41) is 0. The molecule has 2 aromatic rings. The highest BCUT2D eigenvalue weighted by Gasteiger charge is 2.02. The Bertz CT molecular complexity index is 427. The summed E-state index contributed by atoms with van der Waals surface area (Å²) in [4.78, 5) is 7.61. The van der Waals surface area contributed by atoms with Crippen LogP contribution in [0.1, 0.15) is 0 Å². The molecule has 0 aliphatic rings. The lowest BCUT2D eigenvalue weighted by Gasteiger charge is -1.95. The lowest BCUT2D eigenvalue weighted by molar-refractivity contribution is 1.41. The van der Waals surface area contributed by atoms with E-state index in [1.807, 2.05) is 18.3 Å². The van der Waals surface area contributed by atoms with Gasteiger partial charge in [-0.1, -0.05) is 28.1 Å². The average Bonchev–Trinajstić information content (AvgIpc) is 2.67. The molecule has 0 aliphatic heterocycles. The summed E-state index contributed by atoms with van der Waals surface area (Å²) in [6.45, 7) is 0. The van der Waals surface area contributed by atoms with E-state index in [0.717, 1.165) is 21.3 Å². The third-order valence-corrected chi connectivity index (χ3v) is 4.30. The molecule has 0 saturated heterocycles. The highest BCUT2D eigenvalue weighted by atomic mass is 127. The molecule has 1 unspecified atom stereocenters. The number of H-pyrrole nitrogens is 1. The number of hydrogen-bond donors (Lipinski definition) is 1. The molecule has 2 nitrogen and oxygen atoms in total. The molecule has 0 fully saturated rings. The lowest BCUT2D eigenvalue weighted by Crippen LogP contribution is -1.94. The molecule has 1 aromatic heterocycles. The Morgan fingerprint density at radius 3 is 2.57 bits per heavy atom. The minimum atomic E-state index is 0.687. The number of nitrogens with zero attached hydrogens (tertiary/aromatic N) is 1. The fraction of sp³-hybridized carbons (Fsp3) is 0. The lowest BCUT2D eigenvalue weighted by atomic mass is 10.2. The van der Waals surface area contributed by atoms with Gasteiger partial charge in [0.2, 0.25) is 0 Å². The van der Waals surface area contributed by atoms with Gasteiger partial charge in [-0.2, -0.15) is 0 Å². The van der Waals surface area contributed by atoms with Crippen molar-refractivity contribution in [3.63, 3.8) is 0 Å². The quantitative estimate of drug-likeness (QED) is 0.627. The van der Waals surface area contributed by atoms with Crippen molar-refractivity contribution in [2.45, 2.75) is 0 Å². The van der Waals surface area contributed by atoms with Gasteiger partial charge in [0, 0.05) is 22.5 Å². The Kier molecular flexibility index (Phi) is 3.57. The standard InChI is InChI=1S/C9H7BrIN2P/c10-7-3-1-6(2-4-7)8-5-12-9(13-8)14-11/h1-5,14H,(H,12,13). The Labute approximate surface area is 105 Å². The first kappa shape index (κ1) is 10.6. The van der Waals surface area contributed by atoms with Gasteiger partial charge >= 0.3 is 0 Å². The number of aromatic nitrogens is 2. The summed E-state index contributed by atoms with van der Waals surface area (Å²) in [5.74, 6) is 0. The monoisotopic (exact) mass is 380 g/mol. The maximum atomic E-state index is 4.46. The zero-order chi connectivity index (χ0) is 9.97. The number of aromatic amines is 1. The van der Waals surface area contributed by atoms with Crippen LogP contribution in [0.15, 0.2) is 34.9 Å². The molecule has 72 valence electrons. The van der Waals surface area contributed by atoms with Crippen LogP contribution in [0.3, 0.4) is 0 Å². The molecule has 14 heavy (non-hydrogen) atoms.